The minimum atomic E-state index is -0.683. The lowest BCUT2D eigenvalue weighted by molar-refractivity contribution is -0.113. The third-order valence-corrected chi connectivity index (χ3v) is 9.13. The number of amides is 1. The van der Waals surface area contributed by atoms with Gasteiger partial charge < -0.3 is 15.0 Å². The number of anilines is 1. The predicted molar refractivity (Wildman–Crippen MR) is 180 cm³/mol. The van der Waals surface area contributed by atoms with E-state index in [1.165, 1.54) is 11.3 Å². The quantitative estimate of drug-likeness (QED) is 0.231. The maximum atomic E-state index is 14.4. The zero-order chi connectivity index (χ0) is 31.1. The number of H-pyrrole nitrogens is 1. The van der Waals surface area contributed by atoms with Crippen molar-refractivity contribution in [2.75, 3.05) is 12.4 Å². The van der Waals surface area contributed by atoms with Crippen LogP contribution in [0.5, 0.6) is 5.75 Å². The van der Waals surface area contributed by atoms with Gasteiger partial charge in [0.25, 0.3) is 11.5 Å². The normalized spacial score (nSPS) is 14.7. The van der Waals surface area contributed by atoms with Crippen molar-refractivity contribution in [2.24, 2.45) is 4.99 Å². The highest BCUT2D eigenvalue weighted by Gasteiger charge is 2.32. The predicted octanol–water partition coefficient (Wildman–Crippen LogP) is 6.34. The van der Waals surface area contributed by atoms with Gasteiger partial charge in [-0.15, -0.1) is 0 Å². The number of fused-ring (bicyclic) bond motifs is 2. The molecule has 7 rings (SSSR count). The van der Waals surface area contributed by atoms with Crippen LogP contribution in [-0.4, -0.2) is 22.6 Å². The molecular formula is C37H30N4O3S. The standard InChI is InChI=1S/C37H30N4O3S/c1-22-11-10-16-28-29(33(40-32(22)28)24-12-6-4-7-13-24)21-30-36(43)41-34(25-17-19-27(44-3)20-18-25)31(23(2)38-37(41)45-30)35(42)39-26-14-8-5-9-15-26/h4-21,34,40H,1-3H3,(H,39,42)/b30-21+/t34-/m1/s1. The van der Waals surface area contributed by atoms with Gasteiger partial charge in [0.15, 0.2) is 4.80 Å². The van der Waals surface area contributed by atoms with Crippen molar-refractivity contribution in [3.63, 3.8) is 0 Å². The number of thiazole rings is 1. The van der Waals surface area contributed by atoms with Crippen LogP contribution >= 0.6 is 11.3 Å². The number of carbonyl (C=O) groups is 1. The summed E-state index contributed by atoms with van der Waals surface area (Å²) in [5.74, 6) is 0.376. The molecule has 1 amide bonds. The number of ether oxygens (including phenoxy) is 1. The van der Waals surface area contributed by atoms with Gasteiger partial charge in [0, 0.05) is 22.2 Å². The second-order valence-corrected chi connectivity index (χ2v) is 12.0. The van der Waals surface area contributed by atoms with Crippen LogP contribution in [0.15, 0.2) is 124 Å². The number of methoxy groups -OCH3 is 1. The number of nitrogens with zero attached hydrogens (tertiary/aromatic N) is 2. The summed E-state index contributed by atoms with van der Waals surface area (Å²) in [7, 11) is 1.61. The van der Waals surface area contributed by atoms with Crippen LogP contribution in [0.4, 0.5) is 5.69 Å². The lowest BCUT2D eigenvalue weighted by atomic mass is 9.95. The summed E-state index contributed by atoms with van der Waals surface area (Å²) in [6.07, 6.45) is 1.96. The number of allylic oxidation sites excluding steroid dienone is 1. The Morgan fingerprint density at radius 3 is 2.36 bits per heavy atom. The van der Waals surface area contributed by atoms with E-state index in [-0.39, 0.29) is 11.5 Å². The summed E-state index contributed by atoms with van der Waals surface area (Å²) in [5.41, 5.74) is 7.26. The molecule has 0 fully saturated rings. The van der Waals surface area contributed by atoms with Crippen molar-refractivity contribution in [1.82, 2.24) is 9.55 Å². The van der Waals surface area contributed by atoms with Gasteiger partial charge >= 0.3 is 0 Å². The minimum absolute atomic E-state index is 0.210. The maximum Gasteiger partial charge on any atom is 0.271 e. The number of aromatic amines is 1. The van der Waals surface area contributed by atoms with E-state index in [4.69, 9.17) is 9.73 Å². The Labute approximate surface area is 263 Å². The zero-order valence-corrected chi connectivity index (χ0v) is 25.8. The summed E-state index contributed by atoms with van der Waals surface area (Å²) in [4.78, 5) is 37.3. The molecule has 45 heavy (non-hydrogen) atoms. The molecule has 1 aliphatic rings. The van der Waals surface area contributed by atoms with Crippen molar-refractivity contribution in [3.8, 4) is 17.0 Å². The molecule has 0 saturated heterocycles. The molecule has 6 aromatic rings. The average molecular weight is 611 g/mol. The largest absolute Gasteiger partial charge is 0.497 e. The van der Waals surface area contributed by atoms with E-state index in [9.17, 15) is 9.59 Å². The Morgan fingerprint density at radius 1 is 0.933 bits per heavy atom. The number of hydrogen-bond acceptors (Lipinski definition) is 5. The Hall–Kier alpha value is -5.47. The first-order chi connectivity index (χ1) is 21.9. The summed E-state index contributed by atoms with van der Waals surface area (Å²) in [6.45, 7) is 3.90. The molecule has 2 aromatic heterocycles. The third kappa shape index (κ3) is 5.09. The average Bonchev–Trinajstić information content (AvgIpc) is 3.59. The lowest BCUT2D eigenvalue weighted by Gasteiger charge is -2.25. The van der Waals surface area contributed by atoms with E-state index >= 15 is 0 Å². The summed E-state index contributed by atoms with van der Waals surface area (Å²) in [5, 5.41) is 4.04. The summed E-state index contributed by atoms with van der Waals surface area (Å²) >= 11 is 1.33. The third-order valence-electron chi connectivity index (χ3n) is 8.15. The Morgan fingerprint density at radius 2 is 1.64 bits per heavy atom. The fraction of sp³-hybridized carbons (Fsp3) is 0.108. The van der Waals surface area contributed by atoms with Crippen molar-refractivity contribution in [1.29, 1.82) is 0 Å². The van der Waals surface area contributed by atoms with E-state index in [2.05, 4.69) is 41.5 Å². The monoisotopic (exact) mass is 610 g/mol. The number of nitrogens with one attached hydrogen (secondary N) is 2. The molecule has 0 saturated carbocycles. The highest BCUT2D eigenvalue weighted by atomic mass is 32.1. The lowest BCUT2D eigenvalue weighted by Crippen LogP contribution is -2.40. The van der Waals surface area contributed by atoms with E-state index in [0.717, 1.165) is 38.9 Å². The fourth-order valence-electron chi connectivity index (χ4n) is 5.93. The van der Waals surface area contributed by atoms with Crippen LogP contribution in [0.3, 0.4) is 0 Å². The number of benzene rings is 4. The Kier molecular flexibility index (Phi) is 7.27. The van der Waals surface area contributed by atoms with Crippen molar-refractivity contribution in [3.05, 3.63) is 151 Å². The van der Waals surface area contributed by atoms with Gasteiger partial charge in [-0.05, 0) is 60.9 Å². The molecule has 0 unspecified atom stereocenters. The van der Waals surface area contributed by atoms with Crippen LogP contribution in [-0.2, 0) is 4.79 Å². The van der Waals surface area contributed by atoms with Crippen molar-refractivity contribution in [2.45, 2.75) is 19.9 Å². The zero-order valence-electron chi connectivity index (χ0n) is 25.0. The molecule has 0 spiro atoms. The first kappa shape index (κ1) is 28.3. The van der Waals surface area contributed by atoms with Crippen LogP contribution in [0, 0.1) is 6.92 Å². The number of carbonyl (C=O) groups excluding carboxylic acids is 1. The number of para-hydroxylation sites is 2. The van der Waals surface area contributed by atoms with Gasteiger partial charge in [-0.25, -0.2) is 4.99 Å². The molecule has 222 valence electrons. The molecule has 1 aliphatic heterocycles. The fourth-order valence-corrected chi connectivity index (χ4v) is 6.96. The van der Waals surface area contributed by atoms with Gasteiger partial charge in [-0.3, -0.25) is 14.2 Å². The molecule has 8 heteroatoms. The molecule has 0 bridgehead atoms. The Balaban J connectivity index is 1.43. The van der Waals surface area contributed by atoms with Crippen LogP contribution < -0.4 is 24.9 Å². The molecule has 1 atom stereocenters. The van der Waals surface area contributed by atoms with Crippen LogP contribution in [0.1, 0.15) is 29.7 Å². The van der Waals surface area contributed by atoms with Gasteiger partial charge in [0.2, 0.25) is 0 Å². The molecule has 3 heterocycles. The van der Waals surface area contributed by atoms with E-state index in [0.29, 0.717) is 32.0 Å². The Bertz CT molecular complexity index is 2280. The number of aryl methyl sites for hydroxylation is 1. The van der Waals surface area contributed by atoms with Crippen LogP contribution in [0.2, 0.25) is 0 Å². The van der Waals surface area contributed by atoms with E-state index in [1.807, 2.05) is 91.9 Å². The first-order valence-corrected chi connectivity index (χ1v) is 15.4. The van der Waals surface area contributed by atoms with Gasteiger partial charge in [0.05, 0.1) is 34.6 Å². The van der Waals surface area contributed by atoms with Gasteiger partial charge in [-0.2, -0.15) is 0 Å². The van der Waals surface area contributed by atoms with E-state index in [1.54, 1.807) is 11.7 Å². The first-order valence-electron chi connectivity index (χ1n) is 14.6. The van der Waals surface area contributed by atoms with Crippen molar-refractivity contribution >= 4 is 39.9 Å². The minimum Gasteiger partial charge on any atom is -0.497 e. The molecular weight excluding hydrogens is 580 g/mol. The molecule has 0 aliphatic carbocycles. The second-order valence-electron chi connectivity index (χ2n) is 11.0. The van der Waals surface area contributed by atoms with Crippen molar-refractivity contribution < 1.29 is 9.53 Å². The molecule has 7 nitrogen and oxygen atoms in total. The van der Waals surface area contributed by atoms with E-state index < -0.39 is 6.04 Å². The number of hydrogen-bond donors (Lipinski definition) is 2. The highest BCUT2D eigenvalue weighted by molar-refractivity contribution is 7.07. The topological polar surface area (TPSA) is 88.5 Å². The number of rotatable bonds is 6. The number of aromatic nitrogens is 2. The molecule has 2 N–H and O–H groups in total. The molecule has 0 radical (unpaired) electrons. The smallest absolute Gasteiger partial charge is 0.271 e. The van der Waals surface area contributed by atoms with Crippen LogP contribution in [0.25, 0.3) is 28.2 Å². The highest BCUT2D eigenvalue weighted by Crippen LogP contribution is 2.34. The SMILES string of the molecule is COc1ccc([C@@H]2C(C(=O)Nc3ccccc3)=C(C)N=c3s/c(=C/c4c(-c5ccccc5)[nH]c5c(C)cccc45)c(=O)n32)cc1. The summed E-state index contributed by atoms with van der Waals surface area (Å²) in [6, 6.07) is 32.4. The molecule has 4 aromatic carbocycles. The maximum absolute atomic E-state index is 14.4. The summed E-state index contributed by atoms with van der Waals surface area (Å²) < 4.78 is 7.57. The van der Waals surface area contributed by atoms with Gasteiger partial charge in [0.1, 0.15) is 5.75 Å². The van der Waals surface area contributed by atoms with Gasteiger partial charge in [-0.1, -0.05) is 90.2 Å². The second kappa shape index (κ2) is 11.6.